The van der Waals surface area contributed by atoms with E-state index in [0.717, 1.165) is 4.90 Å². The summed E-state index contributed by atoms with van der Waals surface area (Å²) >= 11 is 0. The molecule has 0 bridgehead atoms. The molecule has 1 aliphatic rings. The van der Waals surface area contributed by atoms with Crippen LogP contribution in [-0.2, 0) is 9.53 Å². The quantitative estimate of drug-likeness (QED) is 0.669. The number of nitrogens with zero attached hydrogens (tertiary/aromatic N) is 1. The van der Waals surface area contributed by atoms with Crippen molar-refractivity contribution in [2.24, 2.45) is 0 Å². The van der Waals surface area contributed by atoms with Crippen LogP contribution in [0.4, 0.5) is 9.59 Å². The molecule has 1 atom stereocenters. The summed E-state index contributed by atoms with van der Waals surface area (Å²) < 4.78 is 5.11. The highest BCUT2D eigenvalue weighted by molar-refractivity contribution is 5.91. The van der Waals surface area contributed by atoms with Crippen molar-refractivity contribution in [3.05, 3.63) is 12.7 Å². The first-order valence-corrected chi connectivity index (χ1v) is 6.99. The molecule has 1 saturated heterocycles. The summed E-state index contributed by atoms with van der Waals surface area (Å²) in [6, 6.07) is 0. The lowest BCUT2D eigenvalue weighted by atomic mass is 9.89. The van der Waals surface area contributed by atoms with E-state index in [0.29, 0.717) is 0 Å². The molecular formula is C14H23N3O5. The van der Waals surface area contributed by atoms with Crippen LogP contribution in [0.3, 0.4) is 0 Å². The van der Waals surface area contributed by atoms with Gasteiger partial charge in [-0.25, -0.2) is 9.59 Å². The van der Waals surface area contributed by atoms with Gasteiger partial charge in [0.05, 0.1) is 6.54 Å². The molecule has 3 N–H and O–H groups in total. The molecule has 0 aliphatic carbocycles. The molecule has 0 radical (unpaired) electrons. The van der Waals surface area contributed by atoms with Gasteiger partial charge < -0.3 is 20.5 Å². The van der Waals surface area contributed by atoms with Crippen LogP contribution in [0.15, 0.2) is 12.7 Å². The molecule has 8 heteroatoms. The van der Waals surface area contributed by atoms with Crippen molar-refractivity contribution in [1.82, 2.24) is 15.5 Å². The average molecular weight is 313 g/mol. The molecule has 1 rings (SSSR count). The van der Waals surface area contributed by atoms with E-state index in [2.05, 4.69) is 17.2 Å². The molecule has 22 heavy (non-hydrogen) atoms. The third kappa shape index (κ3) is 4.12. The Labute approximate surface area is 129 Å². The fourth-order valence-electron chi connectivity index (χ4n) is 2.28. The van der Waals surface area contributed by atoms with Gasteiger partial charge in [-0.1, -0.05) is 6.08 Å². The van der Waals surface area contributed by atoms with Gasteiger partial charge in [-0.05, 0) is 27.2 Å². The highest BCUT2D eigenvalue weighted by atomic mass is 16.6. The van der Waals surface area contributed by atoms with Crippen LogP contribution in [0.5, 0.6) is 0 Å². The van der Waals surface area contributed by atoms with Gasteiger partial charge in [0, 0.05) is 13.1 Å². The van der Waals surface area contributed by atoms with Gasteiger partial charge in [0.2, 0.25) is 5.91 Å². The number of hydrogen-bond acceptors (Lipinski definition) is 4. The smallest absolute Gasteiger partial charge is 0.408 e. The number of rotatable bonds is 4. The normalized spacial score (nSPS) is 21.8. The second-order valence-electron chi connectivity index (χ2n) is 6.07. The number of nitrogens with one attached hydrogen (secondary N) is 2. The predicted molar refractivity (Wildman–Crippen MR) is 79.5 cm³/mol. The standard InChI is InChI=1S/C14H23N3O5/c1-5-6-14(9-16-11(19)22-13(2,3)4)10(18)15-7-8-17(14)12(20)21/h5H,1,6-9H2,2-4H3,(H,15,18)(H,16,19)(H,20,21). The van der Waals surface area contributed by atoms with Crippen molar-refractivity contribution in [3.63, 3.8) is 0 Å². The van der Waals surface area contributed by atoms with Gasteiger partial charge in [0.15, 0.2) is 0 Å². The van der Waals surface area contributed by atoms with E-state index in [4.69, 9.17) is 4.74 Å². The topological polar surface area (TPSA) is 108 Å². The average Bonchev–Trinajstić information content (AvgIpc) is 2.37. The van der Waals surface area contributed by atoms with Crippen LogP contribution in [0.1, 0.15) is 27.2 Å². The third-order valence-corrected chi connectivity index (χ3v) is 3.20. The number of amides is 3. The van der Waals surface area contributed by atoms with E-state index in [-0.39, 0.29) is 26.1 Å². The number of carbonyl (C=O) groups excluding carboxylic acids is 2. The lowest BCUT2D eigenvalue weighted by Gasteiger charge is -2.43. The van der Waals surface area contributed by atoms with Crippen LogP contribution >= 0.6 is 0 Å². The van der Waals surface area contributed by atoms with E-state index in [1.807, 2.05) is 0 Å². The van der Waals surface area contributed by atoms with Gasteiger partial charge in [-0.2, -0.15) is 0 Å². The molecule has 0 spiro atoms. The third-order valence-electron chi connectivity index (χ3n) is 3.20. The number of carbonyl (C=O) groups is 3. The van der Waals surface area contributed by atoms with Crippen LogP contribution in [-0.4, -0.2) is 58.9 Å². The maximum Gasteiger partial charge on any atom is 0.408 e. The Hall–Kier alpha value is -2.25. The zero-order chi connectivity index (χ0) is 17.0. The van der Waals surface area contributed by atoms with Crippen LogP contribution in [0.25, 0.3) is 0 Å². The molecular weight excluding hydrogens is 290 g/mol. The first-order chi connectivity index (χ1) is 10.1. The van der Waals surface area contributed by atoms with Gasteiger partial charge >= 0.3 is 12.2 Å². The number of hydrogen-bond donors (Lipinski definition) is 3. The second kappa shape index (κ2) is 6.67. The molecule has 8 nitrogen and oxygen atoms in total. The fraction of sp³-hybridized carbons (Fsp3) is 0.643. The van der Waals surface area contributed by atoms with Gasteiger partial charge in [-0.3, -0.25) is 9.69 Å². The summed E-state index contributed by atoms with van der Waals surface area (Å²) in [5.74, 6) is -0.461. The first kappa shape index (κ1) is 17.8. The van der Waals surface area contributed by atoms with Gasteiger partial charge in [-0.15, -0.1) is 6.58 Å². The minimum absolute atomic E-state index is 0.0843. The van der Waals surface area contributed by atoms with Crippen molar-refractivity contribution in [2.45, 2.75) is 38.3 Å². The van der Waals surface area contributed by atoms with Crippen LogP contribution in [0.2, 0.25) is 0 Å². The zero-order valence-electron chi connectivity index (χ0n) is 13.1. The second-order valence-corrected chi connectivity index (χ2v) is 6.07. The van der Waals surface area contributed by atoms with E-state index in [1.54, 1.807) is 20.8 Å². The Balaban J connectivity index is 2.93. The largest absolute Gasteiger partial charge is 0.465 e. The summed E-state index contributed by atoms with van der Waals surface area (Å²) in [6.45, 7) is 8.89. The Morgan fingerprint density at radius 2 is 2.18 bits per heavy atom. The maximum atomic E-state index is 12.3. The molecule has 1 unspecified atom stereocenters. The molecule has 124 valence electrons. The summed E-state index contributed by atoms with van der Waals surface area (Å²) in [5.41, 5.74) is -2.10. The summed E-state index contributed by atoms with van der Waals surface area (Å²) in [7, 11) is 0. The van der Waals surface area contributed by atoms with E-state index >= 15 is 0 Å². The van der Waals surface area contributed by atoms with E-state index in [9.17, 15) is 19.5 Å². The van der Waals surface area contributed by atoms with Crippen molar-refractivity contribution in [1.29, 1.82) is 0 Å². The minimum Gasteiger partial charge on any atom is -0.465 e. The Morgan fingerprint density at radius 3 is 2.68 bits per heavy atom. The van der Waals surface area contributed by atoms with Crippen molar-refractivity contribution in [2.75, 3.05) is 19.6 Å². The Kier molecular flexibility index (Phi) is 5.40. The Morgan fingerprint density at radius 1 is 1.55 bits per heavy atom. The van der Waals surface area contributed by atoms with E-state index < -0.39 is 29.2 Å². The van der Waals surface area contributed by atoms with Crippen molar-refractivity contribution in [3.8, 4) is 0 Å². The zero-order valence-corrected chi connectivity index (χ0v) is 13.1. The molecule has 1 heterocycles. The molecule has 0 aromatic heterocycles. The molecule has 0 aromatic rings. The van der Waals surface area contributed by atoms with Crippen LogP contribution in [0, 0.1) is 0 Å². The highest BCUT2D eigenvalue weighted by Gasteiger charge is 2.48. The molecule has 1 fully saturated rings. The lowest BCUT2D eigenvalue weighted by Crippen LogP contribution is -2.69. The van der Waals surface area contributed by atoms with Crippen molar-refractivity contribution < 1.29 is 24.2 Å². The molecule has 1 aliphatic heterocycles. The summed E-state index contributed by atoms with van der Waals surface area (Å²) in [4.78, 5) is 36.5. The van der Waals surface area contributed by atoms with Gasteiger partial charge in [0.25, 0.3) is 0 Å². The van der Waals surface area contributed by atoms with E-state index in [1.165, 1.54) is 6.08 Å². The lowest BCUT2D eigenvalue weighted by molar-refractivity contribution is -0.135. The first-order valence-electron chi connectivity index (χ1n) is 6.99. The fourth-order valence-corrected chi connectivity index (χ4v) is 2.28. The summed E-state index contributed by atoms with van der Waals surface area (Å²) in [6.07, 6.45) is -0.388. The minimum atomic E-state index is -1.41. The van der Waals surface area contributed by atoms with Crippen molar-refractivity contribution >= 4 is 18.1 Å². The van der Waals surface area contributed by atoms with Gasteiger partial charge in [0.1, 0.15) is 11.1 Å². The number of piperazine rings is 1. The SMILES string of the molecule is C=CCC1(CNC(=O)OC(C)(C)C)C(=O)NCCN1C(=O)O. The number of alkyl carbamates (subject to hydrolysis) is 1. The maximum absolute atomic E-state index is 12.3. The monoisotopic (exact) mass is 313 g/mol. The number of ether oxygens (including phenoxy) is 1. The summed E-state index contributed by atoms with van der Waals surface area (Å²) in [5, 5.41) is 14.4. The molecule has 3 amide bonds. The molecule has 0 aromatic carbocycles. The number of carboxylic acid groups (broad SMARTS) is 1. The molecule has 0 saturated carbocycles. The highest BCUT2D eigenvalue weighted by Crippen LogP contribution is 2.23. The Bertz CT molecular complexity index is 472. The predicted octanol–water partition coefficient (Wildman–Crippen LogP) is 0.936. The van der Waals surface area contributed by atoms with Crippen LogP contribution < -0.4 is 10.6 Å².